The summed E-state index contributed by atoms with van der Waals surface area (Å²) in [7, 11) is 1.63. The van der Waals surface area contributed by atoms with Crippen molar-refractivity contribution in [2.45, 2.75) is 57.2 Å². The van der Waals surface area contributed by atoms with Crippen LogP contribution in [-0.4, -0.2) is 65.9 Å². The van der Waals surface area contributed by atoms with Gasteiger partial charge < -0.3 is 24.4 Å². The normalized spacial score (nSPS) is 18.5. The first-order valence-corrected chi connectivity index (χ1v) is 11.1. The number of hydrogen-bond acceptors (Lipinski definition) is 6. The highest BCUT2D eigenvalue weighted by atomic mass is 79.9. The molecule has 7 nitrogen and oxygen atoms in total. The third-order valence-electron chi connectivity index (χ3n) is 5.05. The monoisotopic (exact) mass is 507 g/mol. The molecule has 1 saturated heterocycles. The second-order valence-corrected chi connectivity index (χ2v) is 9.71. The smallest absolute Gasteiger partial charge is 0.411 e. The molecule has 0 saturated carbocycles. The number of methoxy groups -OCH3 is 1. The Morgan fingerprint density at radius 2 is 1.97 bits per heavy atom. The number of benzene rings is 1. The van der Waals surface area contributed by atoms with Crippen molar-refractivity contribution in [2.24, 2.45) is 0 Å². The number of likely N-dealkylation sites (tertiary alicyclic amines) is 1. The van der Waals surface area contributed by atoms with Crippen molar-refractivity contribution >= 4 is 33.6 Å². The summed E-state index contributed by atoms with van der Waals surface area (Å²) in [6.07, 6.45) is 1.11. The fourth-order valence-corrected chi connectivity index (χ4v) is 4.53. The minimum Gasteiger partial charge on any atom is -0.492 e. The van der Waals surface area contributed by atoms with Crippen LogP contribution in [0.15, 0.2) is 16.6 Å². The van der Waals surface area contributed by atoms with Crippen LogP contribution >= 0.6 is 27.5 Å². The van der Waals surface area contributed by atoms with Crippen LogP contribution in [-0.2, 0) is 9.47 Å². The van der Waals surface area contributed by atoms with Gasteiger partial charge in [0.05, 0.1) is 36.4 Å². The van der Waals surface area contributed by atoms with E-state index in [1.807, 2.05) is 0 Å². The van der Waals surface area contributed by atoms with Gasteiger partial charge in [-0.15, -0.1) is 0 Å². The van der Waals surface area contributed by atoms with E-state index in [1.54, 1.807) is 40.0 Å². The van der Waals surface area contributed by atoms with Crippen LogP contribution in [0.3, 0.4) is 0 Å². The second kappa shape index (κ2) is 10.5. The third kappa shape index (κ3) is 5.79. The lowest BCUT2D eigenvalue weighted by Crippen LogP contribution is -2.54. The Labute approximate surface area is 191 Å². The number of nitrogens with zero attached hydrogens (tertiary/aromatic N) is 1. The zero-order valence-electron chi connectivity index (χ0n) is 17.9. The Bertz CT molecular complexity index is 735. The average Bonchev–Trinajstić information content (AvgIpc) is 3.05. The summed E-state index contributed by atoms with van der Waals surface area (Å²) < 4.78 is 17.2. The molecule has 1 aromatic rings. The molecule has 1 aliphatic rings. The number of ether oxygens (including phenoxy) is 3. The van der Waals surface area contributed by atoms with Crippen LogP contribution in [0, 0.1) is 0 Å². The molecule has 0 unspecified atom stereocenters. The first-order chi connectivity index (χ1) is 14.1. The van der Waals surface area contributed by atoms with Crippen molar-refractivity contribution < 1.29 is 29.2 Å². The van der Waals surface area contributed by atoms with E-state index in [1.165, 1.54) is 4.90 Å². The molecule has 30 heavy (non-hydrogen) atoms. The van der Waals surface area contributed by atoms with Crippen LogP contribution in [0.25, 0.3) is 0 Å². The summed E-state index contributed by atoms with van der Waals surface area (Å²) in [5.41, 5.74) is -1.05. The molecule has 1 aliphatic heterocycles. The number of halogens is 2. The summed E-state index contributed by atoms with van der Waals surface area (Å²) in [5.74, 6) is 0.501. The molecule has 170 valence electrons. The molecule has 1 heterocycles. The summed E-state index contributed by atoms with van der Waals surface area (Å²) in [5, 5.41) is 20.6. The van der Waals surface area contributed by atoms with E-state index >= 15 is 0 Å². The number of aliphatic hydroxyl groups excluding tert-OH is 2. The van der Waals surface area contributed by atoms with Gasteiger partial charge in [0, 0.05) is 24.6 Å². The van der Waals surface area contributed by atoms with Gasteiger partial charge >= 0.3 is 6.09 Å². The maximum atomic E-state index is 13.1. The molecule has 2 rings (SSSR count). The van der Waals surface area contributed by atoms with Gasteiger partial charge in [-0.05, 0) is 51.3 Å². The molecule has 9 heteroatoms. The topological polar surface area (TPSA) is 88.5 Å². The van der Waals surface area contributed by atoms with Gasteiger partial charge in [-0.2, -0.15) is 0 Å². The summed E-state index contributed by atoms with van der Waals surface area (Å²) in [6, 6.07) is 3.10. The molecule has 1 aromatic carbocycles. The predicted molar refractivity (Wildman–Crippen MR) is 118 cm³/mol. The molecule has 2 N–H and O–H groups in total. The van der Waals surface area contributed by atoms with E-state index in [0.29, 0.717) is 47.7 Å². The van der Waals surface area contributed by atoms with Crippen molar-refractivity contribution in [2.75, 3.05) is 33.5 Å². The largest absolute Gasteiger partial charge is 0.492 e. The standard InChI is InChI=1S/C21H31BrClNO6/c1-20(2,3)30-19(27)24-17(6-7-21(24,12-25)13-26)14-10-18(16(23)11-15(14)22)29-9-5-8-28-4/h10-11,17,25-26H,5-9,12-13H2,1-4H3/t17-/m1/s1. The molecule has 0 radical (unpaired) electrons. The maximum absolute atomic E-state index is 13.1. The summed E-state index contributed by atoms with van der Waals surface area (Å²) >= 11 is 9.89. The predicted octanol–water partition coefficient (Wildman–Crippen LogP) is 4.31. The molecular formula is C21H31BrClNO6. The highest BCUT2D eigenvalue weighted by molar-refractivity contribution is 9.10. The van der Waals surface area contributed by atoms with Crippen LogP contribution in [0.1, 0.15) is 51.6 Å². The highest BCUT2D eigenvalue weighted by Gasteiger charge is 2.50. The average molecular weight is 509 g/mol. The molecule has 1 atom stereocenters. The summed E-state index contributed by atoms with van der Waals surface area (Å²) in [6.45, 7) is 5.60. The van der Waals surface area contributed by atoms with E-state index in [2.05, 4.69) is 15.9 Å². The van der Waals surface area contributed by atoms with Crippen molar-refractivity contribution in [3.8, 4) is 5.75 Å². The number of rotatable bonds is 8. The van der Waals surface area contributed by atoms with Gasteiger partial charge in [-0.3, -0.25) is 4.90 Å². The maximum Gasteiger partial charge on any atom is 0.411 e. The van der Waals surface area contributed by atoms with Gasteiger partial charge in [0.1, 0.15) is 11.4 Å². The van der Waals surface area contributed by atoms with Crippen LogP contribution in [0.5, 0.6) is 5.75 Å². The number of aliphatic hydroxyl groups is 2. The van der Waals surface area contributed by atoms with Gasteiger partial charge in [-0.1, -0.05) is 27.5 Å². The quantitative estimate of drug-likeness (QED) is 0.509. The van der Waals surface area contributed by atoms with Crippen LogP contribution < -0.4 is 4.74 Å². The lowest BCUT2D eigenvalue weighted by Gasteiger charge is -2.39. The van der Waals surface area contributed by atoms with Crippen molar-refractivity contribution in [3.05, 3.63) is 27.2 Å². The highest BCUT2D eigenvalue weighted by Crippen LogP contribution is 2.47. The first kappa shape index (κ1) is 25.2. The van der Waals surface area contributed by atoms with Crippen molar-refractivity contribution in [1.82, 2.24) is 4.90 Å². The zero-order valence-corrected chi connectivity index (χ0v) is 20.3. The Balaban J connectivity index is 2.40. The number of amides is 1. The molecule has 0 spiro atoms. The molecule has 0 aliphatic carbocycles. The second-order valence-electron chi connectivity index (χ2n) is 8.44. The fraction of sp³-hybridized carbons (Fsp3) is 0.667. The fourth-order valence-electron chi connectivity index (χ4n) is 3.57. The molecule has 0 aromatic heterocycles. The Morgan fingerprint density at radius 3 is 2.53 bits per heavy atom. The van der Waals surface area contributed by atoms with E-state index in [4.69, 9.17) is 25.8 Å². The lowest BCUT2D eigenvalue weighted by molar-refractivity contribution is -0.0329. The van der Waals surface area contributed by atoms with Crippen molar-refractivity contribution in [1.29, 1.82) is 0 Å². The molecule has 1 fully saturated rings. The van der Waals surface area contributed by atoms with Gasteiger partial charge in [0.15, 0.2) is 0 Å². The summed E-state index contributed by atoms with van der Waals surface area (Å²) in [4.78, 5) is 14.5. The lowest BCUT2D eigenvalue weighted by atomic mass is 9.99. The van der Waals surface area contributed by atoms with Crippen LogP contribution in [0.4, 0.5) is 4.79 Å². The van der Waals surface area contributed by atoms with Gasteiger partial charge in [-0.25, -0.2) is 4.79 Å². The van der Waals surface area contributed by atoms with Crippen LogP contribution in [0.2, 0.25) is 5.02 Å². The minimum absolute atomic E-state index is 0.370. The minimum atomic E-state index is -1.11. The first-order valence-electron chi connectivity index (χ1n) is 9.93. The van der Waals surface area contributed by atoms with Gasteiger partial charge in [0.2, 0.25) is 0 Å². The zero-order chi connectivity index (χ0) is 22.5. The van der Waals surface area contributed by atoms with E-state index in [9.17, 15) is 15.0 Å². The van der Waals surface area contributed by atoms with Gasteiger partial charge in [0.25, 0.3) is 0 Å². The van der Waals surface area contributed by atoms with E-state index < -0.39 is 23.3 Å². The number of carbonyl (C=O) groups is 1. The molecular weight excluding hydrogens is 478 g/mol. The Hall–Kier alpha value is -1.06. The molecule has 1 amide bonds. The Morgan fingerprint density at radius 1 is 1.30 bits per heavy atom. The van der Waals surface area contributed by atoms with E-state index in [0.717, 1.165) is 5.56 Å². The number of carbonyl (C=O) groups excluding carboxylic acids is 1. The number of hydrogen-bond donors (Lipinski definition) is 2. The Kier molecular flexibility index (Phi) is 8.82. The third-order valence-corrected chi connectivity index (χ3v) is 6.03. The SMILES string of the molecule is COCCCOc1cc([C@H]2CCC(CO)(CO)N2C(=O)OC(C)(C)C)c(Br)cc1Cl. The molecule has 0 bridgehead atoms. The van der Waals surface area contributed by atoms with E-state index in [-0.39, 0.29) is 13.2 Å². The van der Waals surface area contributed by atoms with Crippen molar-refractivity contribution in [3.63, 3.8) is 0 Å².